The van der Waals surface area contributed by atoms with Gasteiger partial charge in [-0.2, -0.15) is 0 Å². The van der Waals surface area contributed by atoms with Crippen molar-refractivity contribution in [2.75, 3.05) is 19.8 Å². The van der Waals surface area contributed by atoms with E-state index in [4.69, 9.17) is 14.2 Å². The third-order valence-electron chi connectivity index (χ3n) is 3.85. The van der Waals surface area contributed by atoms with Gasteiger partial charge >= 0.3 is 0 Å². The Hall–Kier alpha value is -0.380. The van der Waals surface area contributed by atoms with Crippen LogP contribution in [0.5, 0.6) is 0 Å². The van der Waals surface area contributed by atoms with E-state index in [1.54, 1.807) is 0 Å². The fraction of sp³-hybridized carbons (Fsp3) is 0.846. The molecule has 1 spiro atoms. The molecule has 2 saturated heterocycles. The molecular weight excluding hydrogens is 204 g/mol. The molecule has 2 fully saturated rings. The third-order valence-corrected chi connectivity index (χ3v) is 3.85. The molecule has 3 nitrogen and oxygen atoms in total. The van der Waals surface area contributed by atoms with E-state index in [9.17, 15) is 0 Å². The predicted octanol–water partition coefficient (Wildman–Crippen LogP) is 2.26. The second kappa shape index (κ2) is 4.47. The summed E-state index contributed by atoms with van der Waals surface area (Å²) in [6, 6.07) is 0. The molecule has 0 bridgehead atoms. The summed E-state index contributed by atoms with van der Waals surface area (Å²) in [4.78, 5) is 0. The van der Waals surface area contributed by atoms with Crippen molar-refractivity contribution in [3.05, 3.63) is 12.2 Å². The average molecular weight is 224 g/mol. The van der Waals surface area contributed by atoms with Crippen molar-refractivity contribution in [3.8, 4) is 0 Å². The summed E-state index contributed by atoms with van der Waals surface area (Å²) in [5.74, 6) is 0.286. The molecule has 0 saturated carbocycles. The lowest BCUT2D eigenvalue weighted by molar-refractivity contribution is -0.128. The average Bonchev–Trinajstić information content (AvgIpc) is 2.94. The van der Waals surface area contributed by atoms with Crippen LogP contribution in [0.2, 0.25) is 0 Å². The Morgan fingerprint density at radius 2 is 2.00 bits per heavy atom. The Labute approximate surface area is 96.8 Å². The Bertz CT molecular complexity index is 262. The summed E-state index contributed by atoms with van der Waals surface area (Å²) < 4.78 is 17.0. The van der Waals surface area contributed by atoms with Gasteiger partial charge in [-0.3, -0.25) is 0 Å². The number of allylic oxidation sites excluding steroid dienone is 1. The van der Waals surface area contributed by atoms with Crippen molar-refractivity contribution < 1.29 is 14.2 Å². The van der Waals surface area contributed by atoms with E-state index in [1.807, 2.05) is 0 Å². The van der Waals surface area contributed by atoms with Crippen LogP contribution in [0.1, 0.15) is 32.1 Å². The first-order valence-electron chi connectivity index (χ1n) is 6.45. The van der Waals surface area contributed by atoms with Crippen LogP contribution >= 0.6 is 0 Å². The Kier molecular flexibility index (Phi) is 3.01. The lowest BCUT2D eigenvalue weighted by Crippen LogP contribution is -2.31. The maximum Gasteiger partial charge on any atom is 0.188 e. The first-order valence-corrected chi connectivity index (χ1v) is 6.45. The predicted molar refractivity (Wildman–Crippen MR) is 60.1 cm³/mol. The monoisotopic (exact) mass is 224 g/mol. The molecule has 0 aromatic carbocycles. The molecule has 0 aromatic rings. The smallest absolute Gasteiger partial charge is 0.188 e. The van der Waals surface area contributed by atoms with Crippen LogP contribution in [-0.4, -0.2) is 31.7 Å². The van der Waals surface area contributed by atoms with E-state index in [2.05, 4.69) is 12.2 Å². The fourth-order valence-corrected chi connectivity index (χ4v) is 2.92. The first-order chi connectivity index (χ1) is 7.86. The molecule has 3 rings (SSSR count). The normalized spacial score (nSPS) is 37.2. The van der Waals surface area contributed by atoms with E-state index < -0.39 is 0 Å². The molecule has 90 valence electrons. The van der Waals surface area contributed by atoms with Gasteiger partial charge in [0.2, 0.25) is 0 Å². The molecule has 16 heavy (non-hydrogen) atoms. The molecule has 0 amide bonds. The van der Waals surface area contributed by atoms with Crippen LogP contribution in [0.3, 0.4) is 0 Å². The molecule has 2 heterocycles. The third kappa shape index (κ3) is 2.17. The van der Waals surface area contributed by atoms with Crippen molar-refractivity contribution in [3.63, 3.8) is 0 Å². The minimum absolute atomic E-state index is 0.368. The molecule has 0 N–H and O–H groups in total. The molecule has 2 aliphatic heterocycles. The van der Waals surface area contributed by atoms with E-state index in [-0.39, 0.29) is 5.79 Å². The van der Waals surface area contributed by atoms with Gasteiger partial charge in [-0.25, -0.2) is 0 Å². The minimum Gasteiger partial charge on any atom is -0.378 e. The summed E-state index contributed by atoms with van der Waals surface area (Å²) in [6.07, 6.45) is 10.7. The van der Waals surface area contributed by atoms with Gasteiger partial charge in [0.1, 0.15) is 0 Å². The summed E-state index contributed by atoms with van der Waals surface area (Å²) in [5, 5.41) is 0. The SMILES string of the molecule is C1=CC2(CCC1CC1CCCO1)OCCO2. The summed E-state index contributed by atoms with van der Waals surface area (Å²) in [7, 11) is 0. The second-order valence-corrected chi connectivity index (χ2v) is 5.04. The molecule has 3 aliphatic rings. The van der Waals surface area contributed by atoms with Crippen LogP contribution in [-0.2, 0) is 14.2 Å². The number of hydrogen-bond donors (Lipinski definition) is 0. The van der Waals surface area contributed by atoms with Gasteiger partial charge in [-0.1, -0.05) is 6.08 Å². The highest BCUT2D eigenvalue weighted by molar-refractivity contribution is 5.06. The Balaban J connectivity index is 1.55. The van der Waals surface area contributed by atoms with Gasteiger partial charge < -0.3 is 14.2 Å². The van der Waals surface area contributed by atoms with Crippen molar-refractivity contribution in [1.29, 1.82) is 0 Å². The maximum absolute atomic E-state index is 5.68. The van der Waals surface area contributed by atoms with Gasteiger partial charge in [-0.05, 0) is 37.7 Å². The number of rotatable bonds is 2. The molecule has 0 aromatic heterocycles. The lowest BCUT2D eigenvalue weighted by Gasteiger charge is -2.30. The zero-order chi connectivity index (χ0) is 10.8. The second-order valence-electron chi connectivity index (χ2n) is 5.04. The molecule has 2 unspecified atom stereocenters. The topological polar surface area (TPSA) is 27.7 Å². The highest BCUT2D eigenvalue weighted by Crippen LogP contribution is 2.35. The van der Waals surface area contributed by atoms with Gasteiger partial charge in [0.15, 0.2) is 5.79 Å². The summed E-state index contributed by atoms with van der Waals surface area (Å²) >= 11 is 0. The molecule has 0 radical (unpaired) electrons. The molecule has 2 atom stereocenters. The van der Waals surface area contributed by atoms with E-state index in [0.717, 1.165) is 32.7 Å². The Morgan fingerprint density at radius 1 is 1.12 bits per heavy atom. The Morgan fingerprint density at radius 3 is 2.62 bits per heavy atom. The number of ether oxygens (including phenoxy) is 3. The summed E-state index contributed by atoms with van der Waals surface area (Å²) in [5.41, 5.74) is 0. The van der Waals surface area contributed by atoms with Crippen LogP contribution in [0.4, 0.5) is 0 Å². The molecule has 3 heteroatoms. The van der Waals surface area contributed by atoms with Gasteiger partial charge in [0, 0.05) is 13.0 Å². The zero-order valence-electron chi connectivity index (χ0n) is 9.69. The number of hydrogen-bond acceptors (Lipinski definition) is 3. The van der Waals surface area contributed by atoms with E-state index in [1.165, 1.54) is 19.3 Å². The van der Waals surface area contributed by atoms with Crippen molar-refractivity contribution in [2.45, 2.75) is 44.0 Å². The van der Waals surface area contributed by atoms with E-state index in [0.29, 0.717) is 12.0 Å². The lowest BCUT2D eigenvalue weighted by atomic mass is 9.87. The minimum atomic E-state index is -0.368. The van der Waals surface area contributed by atoms with Crippen molar-refractivity contribution in [2.24, 2.45) is 5.92 Å². The van der Waals surface area contributed by atoms with Gasteiger partial charge in [0.05, 0.1) is 19.3 Å². The van der Waals surface area contributed by atoms with Gasteiger partial charge in [-0.15, -0.1) is 0 Å². The highest BCUT2D eigenvalue weighted by atomic mass is 16.7. The van der Waals surface area contributed by atoms with Crippen molar-refractivity contribution in [1.82, 2.24) is 0 Å². The van der Waals surface area contributed by atoms with Crippen LogP contribution < -0.4 is 0 Å². The van der Waals surface area contributed by atoms with Gasteiger partial charge in [0.25, 0.3) is 0 Å². The molecular formula is C13H20O3. The zero-order valence-corrected chi connectivity index (χ0v) is 9.69. The highest BCUT2D eigenvalue weighted by Gasteiger charge is 2.37. The standard InChI is InChI=1S/C13H20O3/c1-2-12(14-7-1)10-11-3-5-13(6-4-11)15-8-9-16-13/h3,5,11-12H,1-2,4,6-10H2. The van der Waals surface area contributed by atoms with Crippen molar-refractivity contribution >= 4 is 0 Å². The largest absolute Gasteiger partial charge is 0.378 e. The van der Waals surface area contributed by atoms with Crippen LogP contribution in [0, 0.1) is 5.92 Å². The fourth-order valence-electron chi connectivity index (χ4n) is 2.92. The molecule has 1 aliphatic carbocycles. The quantitative estimate of drug-likeness (QED) is 0.673. The van der Waals surface area contributed by atoms with Crippen LogP contribution in [0.25, 0.3) is 0 Å². The maximum atomic E-state index is 5.68. The van der Waals surface area contributed by atoms with Crippen LogP contribution in [0.15, 0.2) is 12.2 Å². The van der Waals surface area contributed by atoms with E-state index >= 15 is 0 Å². The summed E-state index contributed by atoms with van der Waals surface area (Å²) in [6.45, 7) is 2.43. The first kappa shape index (κ1) is 10.8.